The molecule has 2 N–H and O–H groups in total. The van der Waals surface area contributed by atoms with Crippen molar-refractivity contribution in [3.63, 3.8) is 0 Å². The Hall–Kier alpha value is -1.49. The fourth-order valence-corrected chi connectivity index (χ4v) is 1.25. The number of hydrogen-bond donors (Lipinski definition) is 2. The van der Waals surface area contributed by atoms with Gasteiger partial charge < -0.3 is 10.2 Å². The van der Waals surface area contributed by atoms with Crippen molar-refractivity contribution < 1.29 is 19.4 Å². The van der Waals surface area contributed by atoms with Crippen LogP contribution in [0.2, 0.25) is 0 Å². The van der Waals surface area contributed by atoms with E-state index in [9.17, 15) is 14.3 Å². The van der Waals surface area contributed by atoms with Crippen LogP contribution in [0.3, 0.4) is 0 Å². The molecule has 4 nitrogen and oxygen atoms in total. The molecule has 0 bridgehead atoms. The standard InChI is InChI=1S/C11H14FNO3/c1-10(2,9(14)15)11(3,16)7-4-8(12)6-13-5-7/h4-6,16H,1-3H3,(H,14,15). The maximum atomic E-state index is 13.0. The zero-order valence-corrected chi connectivity index (χ0v) is 9.36. The van der Waals surface area contributed by atoms with Crippen molar-refractivity contribution in [2.24, 2.45) is 5.41 Å². The fraction of sp³-hybridized carbons (Fsp3) is 0.455. The summed E-state index contributed by atoms with van der Waals surface area (Å²) < 4.78 is 13.0. The fourth-order valence-electron chi connectivity index (χ4n) is 1.25. The highest BCUT2D eigenvalue weighted by Gasteiger charge is 2.47. The molecule has 1 atom stereocenters. The molecule has 0 saturated heterocycles. The maximum absolute atomic E-state index is 13.0. The minimum Gasteiger partial charge on any atom is -0.481 e. The van der Waals surface area contributed by atoms with Gasteiger partial charge in [0, 0.05) is 11.8 Å². The second-order valence-corrected chi connectivity index (χ2v) is 4.39. The van der Waals surface area contributed by atoms with Crippen LogP contribution < -0.4 is 0 Å². The zero-order valence-electron chi connectivity index (χ0n) is 9.36. The molecular weight excluding hydrogens is 213 g/mol. The monoisotopic (exact) mass is 227 g/mol. The van der Waals surface area contributed by atoms with Gasteiger partial charge in [-0.15, -0.1) is 0 Å². The van der Waals surface area contributed by atoms with Gasteiger partial charge in [0.1, 0.15) is 11.4 Å². The van der Waals surface area contributed by atoms with E-state index in [-0.39, 0.29) is 5.56 Å². The number of aromatic nitrogens is 1. The van der Waals surface area contributed by atoms with Crippen LogP contribution in [0.4, 0.5) is 4.39 Å². The summed E-state index contributed by atoms with van der Waals surface area (Å²) in [5, 5.41) is 19.3. The topological polar surface area (TPSA) is 70.4 Å². The molecule has 0 radical (unpaired) electrons. The summed E-state index contributed by atoms with van der Waals surface area (Å²) in [4.78, 5) is 14.6. The first-order chi connectivity index (χ1) is 7.19. The molecule has 88 valence electrons. The molecular formula is C11H14FNO3. The molecule has 5 heteroatoms. The number of carboxylic acid groups (broad SMARTS) is 1. The average molecular weight is 227 g/mol. The second-order valence-electron chi connectivity index (χ2n) is 4.39. The van der Waals surface area contributed by atoms with Gasteiger partial charge in [0.25, 0.3) is 0 Å². The molecule has 16 heavy (non-hydrogen) atoms. The van der Waals surface area contributed by atoms with Crippen molar-refractivity contribution in [3.05, 3.63) is 29.8 Å². The number of pyridine rings is 1. The predicted octanol–water partition coefficient (Wildman–Crippen LogP) is 1.54. The Balaban J connectivity index is 3.26. The first-order valence-corrected chi connectivity index (χ1v) is 4.76. The first-order valence-electron chi connectivity index (χ1n) is 4.76. The van der Waals surface area contributed by atoms with Gasteiger partial charge in [-0.05, 0) is 26.8 Å². The molecule has 1 unspecified atom stereocenters. The van der Waals surface area contributed by atoms with Crippen molar-refractivity contribution in [2.45, 2.75) is 26.4 Å². The summed E-state index contributed by atoms with van der Waals surface area (Å²) in [6.45, 7) is 4.08. The number of aliphatic hydroxyl groups is 1. The smallest absolute Gasteiger partial charge is 0.312 e. The lowest BCUT2D eigenvalue weighted by Crippen LogP contribution is -2.45. The van der Waals surface area contributed by atoms with E-state index >= 15 is 0 Å². The third-order valence-corrected chi connectivity index (χ3v) is 3.02. The summed E-state index contributed by atoms with van der Waals surface area (Å²) >= 11 is 0. The highest BCUT2D eigenvalue weighted by Crippen LogP contribution is 2.39. The summed E-state index contributed by atoms with van der Waals surface area (Å²) in [6, 6.07) is 1.08. The molecule has 0 saturated carbocycles. The van der Waals surface area contributed by atoms with Crippen LogP contribution in [0.25, 0.3) is 0 Å². The second kappa shape index (κ2) is 3.83. The first kappa shape index (κ1) is 12.6. The predicted molar refractivity (Wildman–Crippen MR) is 55.2 cm³/mol. The van der Waals surface area contributed by atoms with E-state index in [1.165, 1.54) is 27.0 Å². The largest absolute Gasteiger partial charge is 0.481 e. The van der Waals surface area contributed by atoms with Crippen molar-refractivity contribution in [1.82, 2.24) is 4.98 Å². The van der Waals surface area contributed by atoms with E-state index < -0.39 is 22.8 Å². The van der Waals surface area contributed by atoms with Gasteiger partial charge in [0.15, 0.2) is 0 Å². The quantitative estimate of drug-likeness (QED) is 0.821. The number of halogens is 1. The van der Waals surface area contributed by atoms with Gasteiger partial charge in [-0.2, -0.15) is 0 Å². The average Bonchev–Trinajstić information content (AvgIpc) is 2.17. The number of carbonyl (C=O) groups is 1. The Kier molecular flexibility index (Phi) is 3.01. The summed E-state index contributed by atoms with van der Waals surface area (Å²) in [7, 11) is 0. The molecule has 1 rings (SSSR count). The van der Waals surface area contributed by atoms with E-state index in [1.54, 1.807) is 0 Å². The lowest BCUT2D eigenvalue weighted by molar-refractivity contribution is -0.164. The minimum atomic E-state index is -1.70. The molecule has 1 aromatic rings. The molecule has 0 amide bonds. The van der Waals surface area contributed by atoms with E-state index in [4.69, 9.17) is 5.11 Å². The number of hydrogen-bond acceptors (Lipinski definition) is 3. The normalized spacial score (nSPS) is 15.6. The number of nitrogens with zero attached hydrogens (tertiary/aromatic N) is 1. The third-order valence-electron chi connectivity index (χ3n) is 3.02. The van der Waals surface area contributed by atoms with Crippen LogP contribution in [0.1, 0.15) is 26.3 Å². The van der Waals surface area contributed by atoms with Crippen molar-refractivity contribution in [2.75, 3.05) is 0 Å². The van der Waals surface area contributed by atoms with Crippen molar-refractivity contribution >= 4 is 5.97 Å². The van der Waals surface area contributed by atoms with E-state index in [1.807, 2.05) is 0 Å². The minimum absolute atomic E-state index is 0.139. The summed E-state index contributed by atoms with van der Waals surface area (Å²) in [5.74, 6) is -1.78. The van der Waals surface area contributed by atoms with Gasteiger partial charge >= 0.3 is 5.97 Å². The lowest BCUT2D eigenvalue weighted by atomic mass is 9.72. The lowest BCUT2D eigenvalue weighted by Gasteiger charge is -2.36. The van der Waals surface area contributed by atoms with Gasteiger partial charge in [0.05, 0.1) is 11.6 Å². The van der Waals surface area contributed by atoms with Crippen LogP contribution in [0, 0.1) is 11.2 Å². The Morgan fingerprint density at radius 1 is 1.38 bits per heavy atom. The van der Waals surface area contributed by atoms with E-state index in [2.05, 4.69) is 4.98 Å². The van der Waals surface area contributed by atoms with Gasteiger partial charge in [-0.3, -0.25) is 9.78 Å². The van der Waals surface area contributed by atoms with Gasteiger partial charge in [-0.25, -0.2) is 4.39 Å². The highest BCUT2D eigenvalue weighted by atomic mass is 19.1. The summed E-state index contributed by atoms with van der Waals surface area (Å²) in [6.07, 6.45) is 2.25. The Morgan fingerprint density at radius 2 is 1.94 bits per heavy atom. The molecule has 0 spiro atoms. The van der Waals surface area contributed by atoms with Crippen molar-refractivity contribution in [3.8, 4) is 0 Å². The van der Waals surface area contributed by atoms with Crippen LogP contribution in [-0.2, 0) is 10.4 Å². The molecule has 0 aliphatic heterocycles. The molecule has 0 aromatic carbocycles. The van der Waals surface area contributed by atoms with Crippen molar-refractivity contribution in [1.29, 1.82) is 0 Å². The SMILES string of the molecule is CC(C)(C(=O)O)C(C)(O)c1cncc(F)c1. The molecule has 1 heterocycles. The molecule has 1 aromatic heterocycles. The van der Waals surface area contributed by atoms with Crippen LogP contribution >= 0.6 is 0 Å². The summed E-state index contributed by atoms with van der Waals surface area (Å²) in [5.41, 5.74) is -3.00. The molecule has 0 aliphatic rings. The maximum Gasteiger partial charge on any atom is 0.312 e. The van der Waals surface area contributed by atoms with Gasteiger partial charge in [0.2, 0.25) is 0 Å². The number of aliphatic carboxylic acids is 1. The highest BCUT2D eigenvalue weighted by molar-refractivity contribution is 5.75. The van der Waals surface area contributed by atoms with Crippen LogP contribution in [-0.4, -0.2) is 21.2 Å². The Morgan fingerprint density at radius 3 is 2.38 bits per heavy atom. The van der Waals surface area contributed by atoms with E-state index in [0.717, 1.165) is 12.3 Å². The van der Waals surface area contributed by atoms with Crippen LogP contribution in [0.5, 0.6) is 0 Å². The van der Waals surface area contributed by atoms with Gasteiger partial charge in [-0.1, -0.05) is 0 Å². The zero-order chi connectivity index (χ0) is 12.6. The Bertz CT molecular complexity index is 415. The molecule has 0 aliphatic carbocycles. The number of carboxylic acids is 1. The Labute approximate surface area is 92.8 Å². The molecule has 0 fully saturated rings. The van der Waals surface area contributed by atoms with E-state index in [0.29, 0.717) is 0 Å². The van der Waals surface area contributed by atoms with Crippen LogP contribution in [0.15, 0.2) is 18.5 Å². The third kappa shape index (κ3) is 1.90. The number of rotatable bonds is 3.